The summed E-state index contributed by atoms with van der Waals surface area (Å²) in [6.07, 6.45) is 14.0. The number of carbonyl (C=O) groups is 2. The van der Waals surface area contributed by atoms with Crippen LogP contribution in [0.3, 0.4) is 0 Å². The molecule has 1 saturated heterocycles. The van der Waals surface area contributed by atoms with E-state index in [1.165, 1.54) is 6.07 Å². The van der Waals surface area contributed by atoms with Gasteiger partial charge in [0.05, 0.1) is 40.8 Å². The van der Waals surface area contributed by atoms with Gasteiger partial charge in [0.2, 0.25) is 5.78 Å². The van der Waals surface area contributed by atoms with Crippen LogP contribution in [0.2, 0.25) is 0 Å². The first-order valence-corrected chi connectivity index (χ1v) is 31.8. The predicted molar refractivity (Wildman–Crippen MR) is 307 cm³/mol. The number of hydrogen-bond donors (Lipinski definition) is 9. The van der Waals surface area contributed by atoms with E-state index in [1.807, 2.05) is 6.33 Å². The summed E-state index contributed by atoms with van der Waals surface area (Å²) in [6.45, 7) is 1.75. The second kappa shape index (κ2) is 16.1. The van der Waals surface area contributed by atoms with Gasteiger partial charge in [-0.25, -0.2) is 9.97 Å². The van der Waals surface area contributed by atoms with Gasteiger partial charge in [-0.15, -0.1) is 5.92 Å². The molecule has 11 aliphatic carbocycles. The largest absolute Gasteiger partial charge is 0.507 e. The number of aliphatic hydroxyl groups is 5. The summed E-state index contributed by atoms with van der Waals surface area (Å²) in [5.41, 5.74) is 1.99. The summed E-state index contributed by atoms with van der Waals surface area (Å²) in [7, 11) is 0. The molecule has 9 N–H and O–H groups in total. The first kappa shape index (κ1) is 50.1. The lowest BCUT2D eigenvalue weighted by atomic mass is 9.42. The number of pyridine rings is 1. The number of fused-ring (bicyclic) bond motifs is 10. The number of imidazole rings is 1. The number of aromatic nitrogens is 4. The van der Waals surface area contributed by atoms with Crippen molar-refractivity contribution in [2.75, 3.05) is 11.9 Å². The van der Waals surface area contributed by atoms with Crippen LogP contribution < -0.4 is 10.1 Å². The number of ether oxygens (including phenoxy) is 2. The smallest absolute Gasteiger partial charge is 0.261 e. The van der Waals surface area contributed by atoms with Crippen molar-refractivity contribution in [1.29, 1.82) is 0 Å². The van der Waals surface area contributed by atoms with Crippen molar-refractivity contribution in [2.24, 2.45) is 51.2 Å². The van der Waals surface area contributed by atoms with Gasteiger partial charge in [0.1, 0.15) is 29.5 Å². The first-order chi connectivity index (χ1) is 40.7. The highest BCUT2D eigenvalue weighted by atomic mass is 16.7. The van der Waals surface area contributed by atoms with E-state index < -0.39 is 75.6 Å². The Balaban J connectivity index is 0.983. The topological polar surface area (TPSA) is 243 Å². The standard InChI is InChI=1S/C69H71N5O10/c1-32-24-37-48(43(75)25-32)56(78)50-44-26-36-35(49(50)55(37)77)16-23-70-61(36)71-29-47(76)68-45-15-13-41-53(68)52-39(28-66(83-44)59(80)57(79)60(81)69(52,84-66)62(82)65(41)22-21-63(30-65)17-2-3-18-63)54-38-27-46(74-54)67-33(8-6-9-34(67)12-14-42-58(67)73-31-72-42)10-7-11-40(51(38)68)64(45)19-4-5-20-64/h16,23-28,31,33-34,40-41,45,47,51,57,59-60,62,74-76,79-82H,2-6,8-10,12-15,17-22,29-30H2,1H3,(H,70,71)(H,72,73)/t33-,34+,40-,41-,45+,47+,51+,57+,59+,60-,62+,65+,66+,67+,68-,69-/m0/s1. The second-order valence-corrected chi connectivity index (χ2v) is 29.1. The van der Waals surface area contributed by atoms with Gasteiger partial charge in [0.25, 0.3) is 5.79 Å². The van der Waals surface area contributed by atoms with Crippen LogP contribution in [-0.4, -0.2) is 111 Å². The number of anilines is 1. The number of aryl methyl sites for hydroxylation is 2. The zero-order valence-electron chi connectivity index (χ0n) is 47.3. The van der Waals surface area contributed by atoms with Gasteiger partial charge in [-0.1, -0.05) is 38.0 Å². The van der Waals surface area contributed by atoms with Crippen LogP contribution in [0, 0.1) is 70.0 Å². The summed E-state index contributed by atoms with van der Waals surface area (Å²) in [5.74, 6) is 3.59. The average molecular weight is 1130 g/mol. The summed E-state index contributed by atoms with van der Waals surface area (Å²) >= 11 is 0. The van der Waals surface area contributed by atoms with E-state index in [9.17, 15) is 30.6 Å². The lowest BCUT2D eigenvalue weighted by molar-refractivity contribution is -0.369. The molecule has 10 bridgehead atoms. The number of benzene rings is 2. The molecule has 0 radical (unpaired) electrons. The Morgan fingerprint density at radius 3 is 2.46 bits per heavy atom. The third-order valence-electron chi connectivity index (χ3n) is 26.3. The molecule has 7 heterocycles. The number of H-pyrrole nitrogens is 2. The lowest BCUT2D eigenvalue weighted by Crippen LogP contribution is -2.80. The third kappa shape index (κ3) is 5.43. The van der Waals surface area contributed by atoms with E-state index in [4.69, 9.17) is 19.4 Å². The van der Waals surface area contributed by atoms with Crippen molar-refractivity contribution in [3.8, 4) is 23.3 Å². The van der Waals surface area contributed by atoms with Gasteiger partial charge in [0.15, 0.2) is 17.5 Å². The van der Waals surface area contributed by atoms with Crippen LogP contribution >= 0.6 is 0 Å². The Labute approximate surface area is 486 Å². The molecule has 7 spiro atoms. The highest BCUT2D eigenvalue weighted by molar-refractivity contribution is 6.34. The third-order valence-corrected chi connectivity index (χ3v) is 26.3. The van der Waals surface area contributed by atoms with Gasteiger partial charge < -0.3 is 55.4 Å². The van der Waals surface area contributed by atoms with Crippen LogP contribution in [0.15, 0.2) is 60.1 Å². The number of ketones is 2. The van der Waals surface area contributed by atoms with Crippen LogP contribution in [0.5, 0.6) is 11.5 Å². The Kier molecular flexibility index (Phi) is 9.59. The molecule has 7 fully saturated rings. The van der Waals surface area contributed by atoms with Gasteiger partial charge in [-0.3, -0.25) is 9.59 Å². The molecule has 2 aromatic carbocycles. The van der Waals surface area contributed by atoms with Crippen LogP contribution in [0.4, 0.5) is 5.82 Å². The number of nitrogens with zero attached hydrogens (tertiary/aromatic N) is 2. The molecule has 3 aromatic heterocycles. The van der Waals surface area contributed by atoms with E-state index in [2.05, 4.69) is 33.2 Å². The van der Waals surface area contributed by atoms with Crippen LogP contribution in [0.25, 0.3) is 16.3 Å². The molecule has 4 aliphatic heterocycles. The van der Waals surface area contributed by atoms with Gasteiger partial charge in [-0.2, -0.15) is 0 Å². The maximum Gasteiger partial charge on any atom is 0.261 e. The molecule has 6 saturated carbocycles. The highest BCUT2D eigenvalue weighted by Crippen LogP contribution is 2.83. The SMILES string of the molecule is Cc1cc(O)c2c(c1)C(=O)c1c(c3cc4c(nccc14)NC[C@@H](O)[C@@]14C5=C6C7=C[C@@]8(O3)O[C@]6([C@H](O)[C@@]3(CCC6(CCCC6)C3)[C@H]5CC[C@@H]1C1(CCCC1)[C@H]1C#CC[C@@H]3CCC[C@@H]5CCc6[nH]cnc6[C@@]53c3cc(c7[nH]3)[C@H]14)[C@@H](O)[C@H](O)[C@H]8O)C2=O. The van der Waals surface area contributed by atoms with E-state index >= 15 is 9.59 Å². The number of phenols is 1. The minimum absolute atomic E-state index is 0.00203. The number of hydrogen-bond acceptors (Lipinski definition) is 13. The first-order valence-electron chi connectivity index (χ1n) is 31.8. The summed E-state index contributed by atoms with van der Waals surface area (Å²) in [5, 5.41) is 85.8. The number of aliphatic hydroxyl groups excluding tert-OH is 5. The zero-order valence-corrected chi connectivity index (χ0v) is 47.3. The molecule has 15 heteroatoms. The Morgan fingerprint density at radius 1 is 0.798 bits per heavy atom. The highest BCUT2D eigenvalue weighted by Gasteiger charge is 2.82. The number of rotatable bonds is 0. The molecule has 16 atom stereocenters. The fraction of sp³-hybridized carbons (Fsp3) is 0.565. The van der Waals surface area contributed by atoms with Crippen LogP contribution in [0.1, 0.15) is 187 Å². The molecule has 15 nitrogen and oxygen atoms in total. The summed E-state index contributed by atoms with van der Waals surface area (Å²) in [4.78, 5) is 49.0. The zero-order chi connectivity index (χ0) is 56.6. The number of carbonyl (C=O) groups excluding carboxylic acids is 2. The van der Waals surface area contributed by atoms with Gasteiger partial charge in [-0.05, 0) is 189 Å². The molecule has 0 unspecified atom stereocenters. The molecular formula is C69H71N5O10. The molecule has 84 heavy (non-hydrogen) atoms. The maximum atomic E-state index is 15.6. The number of phenolic OH excluding ortho intramolecular Hbond substituents is 1. The molecule has 5 aromatic rings. The fourth-order valence-corrected chi connectivity index (χ4v) is 23.6. The maximum absolute atomic E-state index is 15.6. The van der Waals surface area contributed by atoms with Crippen molar-refractivity contribution in [2.45, 2.75) is 182 Å². The Bertz CT molecular complexity index is 4000. The monoisotopic (exact) mass is 1130 g/mol. The van der Waals surface area contributed by atoms with Crippen molar-refractivity contribution >= 4 is 33.7 Å². The molecule has 20 rings (SSSR count). The van der Waals surface area contributed by atoms with E-state index in [0.717, 1.165) is 137 Å². The Morgan fingerprint density at radius 2 is 1.62 bits per heavy atom. The van der Waals surface area contributed by atoms with Crippen molar-refractivity contribution in [1.82, 2.24) is 19.9 Å². The van der Waals surface area contributed by atoms with Crippen molar-refractivity contribution < 1.29 is 49.7 Å². The fourth-order valence-electron chi connectivity index (χ4n) is 23.6. The van der Waals surface area contributed by atoms with Gasteiger partial charge in [0, 0.05) is 81.0 Å². The number of aromatic hydroxyl groups is 1. The van der Waals surface area contributed by atoms with E-state index in [0.29, 0.717) is 52.6 Å². The molecular weight excluding hydrogens is 1060 g/mol. The average Bonchev–Trinajstić information content (AvgIpc) is 1.37. The quantitative estimate of drug-likeness (QED) is 0.0648. The Hall–Kier alpha value is -6.12. The summed E-state index contributed by atoms with van der Waals surface area (Å²) < 4.78 is 15.3. The van der Waals surface area contributed by atoms with Crippen molar-refractivity contribution in [3.63, 3.8) is 0 Å². The lowest BCUT2D eigenvalue weighted by Gasteiger charge is -2.68. The second-order valence-electron chi connectivity index (χ2n) is 29.1. The molecule has 15 aliphatic rings. The number of nitrogens with one attached hydrogen (secondary N) is 3. The molecule has 0 amide bonds. The predicted octanol–water partition coefficient (Wildman–Crippen LogP) is 8.64. The van der Waals surface area contributed by atoms with E-state index in [-0.39, 0.29) is 80.7 Å². The normalized spacial score (nSPS) is 41.3. The minimum atomic E-state index is -2.48. The minimum Gasteiger partial charge on any atom is -0.507 e. The molecule has 432 valence electrons. The number of aromatic amines is 2. The summed E-state index contributed by atoms with van der Waals surface area (Å²) in [6, 6.07) is 8.77. The van der Waals surface area contributed by atoms with E-state index in [1.54, 1.807) is 37.4 Å². The van der Waals surface area contributed by atoms with Gasteiger partial charge >= 0.3 is 0 Å². The van der Waals surface area contributed by atoms with Crippen molar-refractivity contribution in [3.05, 3.63) is 116 Å². The van der Waals surface area contributed by atoms with Crippen LogP contribution in [-0.2, 0) is 16.6 Å².